The van der Waals surface area contributed by atoms with E-state index < -0.39 is 12.3 Å². The predicted molar refractivity (Wildman–Crippen MR) is 190 cm³/mol. The minimum atomic E-state index is -0.905. The van der Waals surface area contributed by atoms with Crippen LogP contribution < -0.4 is 10.6 Å². The van der Waals surface area contributed by atoms with Crippen molar-refractivity contribution < 1.29 is 34.1 Å². The van der Waals surface area contributed by atoms with Crippen LogP contribution in [0.15, 0.2) is 102 Å². The van der Waals surface area contributed by atoms with E-state index in [0.29, 0.717) is 18.7 Å². The van der Waals surface area contributed by atoms with Gasteiger partial charge >= 0.3 is 5.97 Å². The fourth-order valence-corrected chi connectivity index (χ4v) is 6.78. The van der Waals surface area contributed by atoms with Crippen LogP contribution >= 0.6 is 11.8 Å². The van der Waals surface area contributed by atoms with Gasteiger partial charge in [-0.2, -0.15) is 0 Å². The molecule has 0 radical (unpaired) electrons. The number of benzene rings is 4. The second-order valence-corrected chi connectivity index (χ2v) is 13.3. The van der Waals surface area contributed by atoms with Crippen molar-refractivity contribution in [3.8, 4) is 11.1 Å². The Morgan fingerprint density at radius 1 is 0.816 bits per heavy atom. The first-order chi connectivity index (χ1) is 23.7. The second-order valence-electron chi connectivity index (χ2n) is 12.2. The number of amides is 2. The lowest BCUT2D eigenvalue weighted by atomic mass is 9.91. The summed E-state index contributed by atoms with van der Waals surface area (Å²) in [5.41, 5.74) is 6.47. The summed E-state index contributed by atoms with van der Waals surface area (Å²) in [5, 5.41) is 24.0. The average molecular weight is 683 g/mol. The number of aliphatic hydroxyl groups is 1. The highest BCUT2D eigenvalue weighted by atomic mass is 32.2. The fourth-order valence-electron chi connectivity index (χ4n) is 5.71. The van der Waals surface area contributed by atoms with Crippen molar-refractivity contribution in [2.75, 3.05) is 11.1 Å². The van der Waals surface area contributed by atoms with E-state index in [4.69, 9.17) is 14.6 Å². The lowest BCUT2D eigenvalue weighted by molar-refractivity contribution is -0.268. The number of aliphatic carboxylic acids is 1. The largest absolute Gasteiger partial charge is 0.481 e. The zero-order valence-corrected chi connectivity index (χ0v) is 28.5. The highest BCUT2D eigenvalue weighted by Gasteiger charge is 2.38. The number of hydrogen-bond acceptors (Lipinski definition) is 7. The molecule has 0 aliphatic carbocycles. The molecule has 0 unspecified atom stereocenters. The summed E-state index contributed by atoms with van der Waals surface area (Å²) in [6, 6.07) is 31.7. The van der Waals surface area contributed by atoms with Gasteiger partial charge in [0.1, 0.15) is 0 Å². The Hall–Kier alpha value is -4.48. The van der Waals surface area contributed by atoms with Crippen molar-refractivity contribution >= 4 is 35.2 Å². The minimum Gasteiger partial charge on any atom is -0.481 e. The predicted octanol–water partition coefficient (Wildman–Crippen LogP) is 7.26. The van der Waals surface area contributed by atoms with E-state index in [0.717, 1.165) is 44.0 Å². The molecule has 1 fully saturated rings. The van der Waals surface area contributed by atoms with E-state index in [1.165, 1.54) is 6.92 Å². The fraction of sp³-hybridized carbons (Fsp3) is 0.308. The number of carbonyl (C=O) groups is 3. The lowest BCUT2D eigenvalue weighted by Gasteiger charge is -2.41. The molecule has 1 saturated heterocycles. The smallest absolute Gasteiger partial charge is 0.303 e. The maximum Gasteiger partial charge on any atom is 0.303 e. The summed E-state index contributed by atoms with van der Waals surface area (Å²) in [6.07, 6.45) is -0.482. The number of nitrogens with one attached hydrogen (secondary N) is 2. The first kappa shape index (κ1) is 35.8. The number of carboxylic acids is 1. The van der Waals surface area contributed by atoms with Crippen LogP contribution in [0.2, 0.25) is 0 Å². The van der Waals surface area contributed by atoms with Gasteiger partial charge in [-0.1, -0.05) is 73.7 Å². The molecule has 0 bridgehead atoms. The zero-order chi connectivity index (χ0) is 34.8. The van der Waals surface area contributed by atoms with Crippen molar-refractivity contribution in [1.29, 1.82) is 0 Å². The van der Waals surface area contributed by atoms with Crippen molar-refractivity contribution in [3.63, 3.8) is 0 Å². The molecule has 1 aliphatic heterocycles. The molecular formula is C39H42N2O7S. The third kappa shape index (κ3) is 10.3. The SMILES string of the molecule is CC(=O)Nc1ccc(SC[C@@H]2O[C@H](c3ccc(-c4cccc(CNC(=O)CCCC(=O)O)c4)cc3)O[C@H](c3ccc(CO)cc3)[C@@H]2C)cc1. The standard InChI is InChI=1S/C39H42N2O7S/c1-25-35(24-49-34-19-17-33(18-20-34)41-26(2)43)47-39(48-38(25)30-11-9-27(23-42)10-12-30)31-15-13-29(14-16-31)32-6-3-5-28(21-32)22-40-36(44)7-4-8-37(45)46/h3,5-6,9-21,25,35,38-39,42H,4,7-8,22-24H2,1-2H3,(H,40,44)(H,41,43)(H,45,46)/t25-,35+,38+,39+/m1/s1. The van der Waals surface area contributed by atoms with Crippen molar-refractivity contribution in [2.24, 2.45) is 5.92 Å². The van der Waals surface area contributed by atoms with E-state index in [1.807, 2.05) is 97.1 Å². The number of ether oxygens (including phenoxy) is 2. The molecule has 10 heteroatoms. The molecule has 0 spiro atoms. The molecule has 5 rings (SSSR count). The summed E-state index contributed by atoms with van der Waals surface area (Å²) in [6.45, 7) is 3.97. The van der Waals surface area contributed by atoms with Crippen LogP contribution in [0.3, 0.4) is 0 Å². The first-order valence-electron chi connectivity index (χ1n) is 16.4. The van der Waals surface area contributed by atoms with Gasteiger partial charge in [-0.25, -0.2) is 0 Å². The van der Waals surface area contributed by atoms with Gasteiger partial charge in [0.2, 0.25) is 11.8 Å². The molecule has 1 heterocycles. The summed E-state index contributed by atoms with van der Waals surface area (Å²) in [4.78, 5) is 35.3. The molecule has 2 amide bonds. The van der Waals surface area contributed by atoms with Crippen molar-refractivity contribution in [2.45, 2.75) is 69.7 Å². The van der Waals surface area contributed by atoms with E-state index >= 15 is 0 Å². The van der Waals surface area contributed by atoms with Gasteiger partial charge in [0.25, 0.3) is 0 Å². The second kappa shape index (κ2) is 17.3. The number of hydrogen-bond donors (Lipinski definition) is 4. The minimum absolute atomic E-state index is 0.0222. The van der Waals surface area contributed by atoms with Gasteiger partial charge in [0, 0.05) is 54.1 Å². The Morgan fingerprint density at radius 2 is 1.53 bits per heavy atom. The number of thioether (sulfide) groups is 1. The molecule has 0 saturated carbocycles. The van der Waals surface area contributed by atoms with Crippen LogP contribution in [0.25, 0.3) is 11.1 Å². The molecule has 9 nitrogen and oxygen atoms in total. The van der Waals surface area contributed by atoms with Crippen LogP contribution in [0.4, 0.5) is 5.69 Å². The van der Waals surface area contributed by atoms with Gasteiger partial charge in [-0.3, -0.25) is 14.4 Å². The van der Waals surface area contributed by atoms with E-state index in [2.05, 4.69) is 17.6 Å². The van der Waals surface area contributed by atoms with Crippen LogP contribution in [0.1, 0.15) is 67.8 Å². The highest BCUT2D eigenvalue weighted by molar-refractivity contribution is 7.99. The maximum absolute atomic E-state index is 12.1. The third-order valence-corrected chi connectivity index (χ3v) is 9.54. The zero-order valence-electron chi connectivity index (χ0n) is 27.6. The quantitative estimate of drug-likeness (QED) is 0.102. The van der Waals surface area contributed by atoms with Gasteiger partial charge < -0.3 is 30.3 Å². The molecule has 4 N–H and O–H groups in total. The third-order valence-electron chi connectivity index (χ3n) is 8.44. The van der Waals surface area contributed by atoms with Crippen molar-refractivity contribution in [3.05, 3.63) is 119 Å². The first-order valence-corrected chi connectivity index (χ1v) is 17.4. The van der Waals surface area contributed by atoms with Crippen LogP contribution in [0.5, 0.6) is 0 Å². The molecular weight excluding hydrogens is 641 g/mol. The lowest BCUT2D eigenvalue weighted by Crippen LogP contribution is -2.38. The summed E-state index contributed by atoms with van der Waals surface area (Å²) in [5.74, 6) is -0.437. The monoisotopic (exact) mass is 682 g/mol. The van der Waals surface area contributed by atoms with Crippen LogP contribution in [0, 0.1) is 5.92 Å². The van der Waals surface area contributed by atoms with Gasteiger partial charge in [-0.15, -0.1) is 11.8 Å². The van der Waals surface area contributed by atoms with Gasteiger partial charge in [-0.05, 0) is 64.6 Å². The molecule has 49 heavy (non-hydrogen) atoms. The van der Waals surface area contributed by atoms with Crippen molar-refractivity contribution in [1.82, 2.24) is 5.32 Å². The Labute approximate surface area is 291 Å². The number of carboxylic acid groups (broad SMARTS) is 1. The highest BCUT2D eigenvalue weighted by Crippen LogP contribution is 2.43. The van der Waals surface area contributed by atoms with Gasteiger partial charge in [0.15, 0.2) is 6.29 Å². The van der Waals surface area contributed by atoms with E-state index in [9.17, 15) is 19.5 Å². The van der Waals surface area contributed by atoms with Crippen LogP contribution in [-0.4, -0.2) is 39.9 Å². The summed E-state index contributed by atoms with van der Waals surface area (Å²) in [7, 11) is 0. The number of rotatable bonds is 14. The van der Waals surface area contributed by atoms with E-state index in [-0.39, 0.29) is 49.4 Å². The molecule has 256 valence electrons. The van der Waals surface area contributed by atoms with Gasteiger partial charge in [0.05, 0.1) is 18.8 Å². The average Bonchev–Trinajstić information content (AvgIpc) is 3.11. The van der Waals surface area contributed by atoms with Crippen LogP contribution in [-0.2, 0) is 37.0 Å². The molecule has 4 aromatic carbocycles. The molecule has 0 aromatic heterocycles. The Morgan fingerprint density at radius 3 is 2.20 bits per heavy atom. The summed E-state index contributed by atoms with van der Waals surface area (Å²) >= 11 is 1.69. The molecule has 1 aliphatic rings. The topological polar surface area (TPSA) is 134 Å². The molecule has 4 atom stereocenters. The normalized spacial score (nSPS) is 18.8. The van der Waals surface area contributed by atoms with E-state index in [1.54, 1.807) is 11.8 Å². The Balaban J connectivity index is 1.28. The summed E-state index contributed by atoms with van der Waals surface area (Å²) < 4.78 is 13.3. The number of anilines is 1. The Bertz CT molecular complexity index is 1710. The molecule has 4 aromatic rings. The number of aliphatic hydroxyl groups excluding tert-OH is 1. The maximum atomic E-state index is 12.1. The Kier molecular flexibility index (Phi) is 12.6. The number of carbonyl (C=O) groups excluding carboxylic acids is 2.